The lowest BCUT2D eigenvalue weighted by atomic mass is 9.53. The molecule has 0 saturated heterocycles. The molecule has 2 aliphatic rings. The van der Waals surface area contributed by atoms with Gasteiger partial charge in [0.05, 0.1) is 5.60 Å². The Hall–Kier alpha value is -0.830. The fourth-order valence-corrected chi connectivity index (χ4v) is 4.18. The lowest BCUT2D eigenvalue weighted by Crippen LogP contribution is -2.51. The number of carboxylic acid groups (broad SMARTS) is 1. The van der Waals surface area contributed by atoms with Gasteiger partial charge in [-0.1, -0.05) is 19.9 Å². The van der Waals surface area contributed by atoms with Gasteiger partial charge in [0, 0.05) is 5.57 Å². The van der Waals surface area contributed by atoms with Gasteiger partial charge in [-0.2, -0.15) is 0 Å². The molecule has 3 nitrogen and oxygen atoms in total. The van der Waals surface area contributed by atoms with E-state index in [-0.39, 0.29) is 17.3 Å². The molecule has 0 bridgehead atoms. The Morgan fingerprint density at radius 1 is 1.28 bits per heavy atom. The molecule has 102 valence electrons. The van der Waals surface area contributed by atoms with Crippen LogP contribution in [-0.4, -0.2) is 21.8 Å². The van der Waals surface area contributed by atoms with Crippen LogP contribution in [0, 0.1) is 17.3 Å². The summed E-state index contributed by atoms with van der Waals surface area (Å²) >= 11 is 0. The number of rotatable bonds is 2. The number of carbonyl (C=O) groups is 1. The minimum absolute atomic E-state index is 0.0325. The highest BCUT2D eigenvalue weighted by Gasteiger charge is 2.51. The van der Waals surface area contributed by atoms with Crippen LogP contribution < -0.4 is 0 Å². The smallest absolute Gasteiger partial charge is 0.331 e. The molecule has 0 unspecified atom stereocenters. The maximum Gasteiger partial charge on any atom is 0.331 e. The molecule has 0 radical (unpaired) electrons. The Balaban J connectivity index is 2.19. The van der Waals surface area contributed by atoms with Gasteiger partial charge in [0.2, 0.25) is 0 Å². The second kappa shape index (κ2) is 4.37. The van der Waals surface area contributed by atoms with E-state index in [9.17, 15) is 9.90 Å². The third kappa shape index (κ3) is 2.20. The van der Waals surface area contributed by atoms with Gasteiger partial charge < -0.3 is 10.2 Å². The summed E-state index contributed by atoms with van der Waals surface area (Å²) < 4.78 is 0. The van der Waals surface area contributed by atoms with Crippen molar-refractivity contribution in [3.63, 3.8) is 0 Å². The first-order chi connectivity index (χ1) is 8.26. The van der Waals surface area contributed by atoms with Crippen LogP contribution in [0.1, 0.15) is 52.4 Å². The molecule has 3 heteroatoms. The van der Waals surface area contributed by atoms with Crippen molar-refractivity contribution >= 4 is 5.97 Å². The topological polar surface area (TPSA) is 57.5 Å². The van der Waals surface area contributed by atoms with Crippen LogP contribution in [0.3, 0.4) is 0 Å². The summed E-state index contributed by atoms with van der Waals surface area (Å²) in [4.78, 5) is 11.0. The largest absolute Gasteiger partial charge is 0.478 e. The summed E-state index contributed by atoms with van der Waals surface area (Å²) in [6.07, 6.45) is 5.73. The van der Waals surface area contributed by atoms with Gasteiger partial charge in [-0.3, -0.25) is 0 Å². The molecule has 0 aromatic rings. The van der Waals surface area contributed by atoms with E-state index in [1.165, 1.54) is 0 Å². The minimum Gasteiger partial charge on any atom is -0.478 e. The molecule has 2 aliphatic carbocycles. The van der Waals surface area contributed by atoms with Crippen LogP contribution in [0.2, 0.25) is 0 Å². The molecule has 0 amide bonds. The summed E-state index contributed by atoms with van der Waals surface area (Å²) in [5.41, 5.74) is -0.153. The number of aliphatic carboxylic acids is 1. The molecule has 2 rings (SSSR count). The third-order valence-electron chi connectivity index (χ3n) is 5.37. The summed E-state index contributed by atoms with van der Waals surface area (Å²) in [5, 5.41) is 19.7. The monoisotopic (exact) mass is 252 g/mol. The van der Waals surface area contributed by atoms with Crippen LogP contribution in [-0.2, 0) is 4.79 Å². The molecule has 0 aliphatic heterocycles. The van der Waals surface area contributed by atoms with Gasteiger partial charge in [-0.15, -0.1) is 0 Å². The third-order valence-corrected chi connectivity index (χ3v) is 5.37. The number of fused-ring (bicyclic) bond motifs is 1. The van der Waals surface area contributed by atoms with Gasteiger partial charge in [0.25, 0.3) is 0 Å². The highest BCUT2D eigenvalue weighted by Crippen LogP contribution is 2.56. The van der Waals surface area contributed by atoms with Crippen molar-refractivity contribution in [1.82, 2.24) is 0 Å². The van der Waals surface area contributed by atoms with E-state index in [1.54, 1.807) is 0 Å². The van der Waals surface area contributed by atoms with Crippen LogP contribution in [0.5, 0.6) is 0 Å². The zero-order valence-corrected chi connectivity index (χ0v) is 11.4. The molecule has 2 N–H and O–H groups in total. The molecule has 0 aromatic carbocycles. The first kappa shape index (κ1) is 13.6. The first-order valence-corrected chi connectivity index (χ1v) is 6.91. The Morgan fingerprint density at radius 3 is 2.56 bits per heavy atom. The second-order valence-electron chi connectivity index (χ2n) is 6.72. The molecule has 18 heavy (non-hydrogen) atoms. The predicted molar refractivity (Wildman–Crippen MR) is 70.2 cm³/mol. The number of hydrogen-bond donors (Lipinski definition) is 2. The fourth-order valence-electron chi connectivity index (χ4n) is 4.18. The Kier molecular flexibility index (Phi) is 3.30. The Morgan fingerprint density at radius 2 is 1.94 bits per heavy atom. The van der Waals surface area contributed by atoms with Crippen molar-refractivity contribution in [3.8, 4) is 0 Å². The minimum atomic E-state index is -0.890. The maximum absolute atomic E-state index is 11.0. The average molecular weight is 252 g/mol. The van der Waals surface area contributed by atoms with E-state index in [2.05, 4.69) is 13.5 Å². The van der Waals surface area contributed by atoms with Gasteiger partial charge >= 0.3 is 5.97 Å². The van der Waals surface area contributed by atoms with Crippen molar-refractivity contribution in [2.24, 2.45) is 17.3 Å². The molecular formula is C15H24O3. The normalized spacial score (nSPS) is 44.2. The number of aliphatic hydroxyl groups is 1. The summed E-state index contributed by atoms with van der Waals surface area (Å²) in [6.45, 7) is 7.88. The Labute approximate surface area is 109 Å². The molecule has 2 saturated carbocycles. The second-order valence-corrected chi connectivity index (χ2v) is 6.72. The summed E-state index contributed by atoms with van der Waals surface area (Å²) in [5.74, 6) is -0.655. The van der Waals surface area contributed by atoms with Gasteiger partial charge in [-0.25, -0.2) is 4.79 Å². The SMILES string of the molecule is C=C(C(=O)O)[C@@H]1CC[C@]2(C)CCC[C@@](C)(O)[C@@H]2C1. The van der Waals surface area contributed by atoms with Crippen molar-refractivity contribution in [2.75, 3.05) is 0 Å². The van der Waals surface area contributed by atoms with E-state index in [1.807, 2.05) is 6.92 Å². The molecule has 0 aromatic heterocycles. The van der Waals surface area contributed by atoms with E-state index in [0.717, 1.165) is 38.5 Å². The number of carboxylic acids is 1. The fraction of sp³-hybridized carbons (Fsp3) is 0.800. The molecular weight excluding hydrogens is 228 g/mol. The molecule has 0 spiro atoms. The van der Waals surface area contributed by atoms with Crippen molar-refractivity contribution in [1.29, 1.82) is 0 Å². The van der Waals surface area contributed by atoms with Crippen molar-refractivity contribution in [2.45, 2.75) is 58.0 Å². The van der Waals surface area contributed by atoms with Crippen molar-refractivity contribution in [3.05, 3.63) is 12.2 Å². The van der Waals surface area contributed by atoms with Gasteiger partial charge in [-0.05, 0) is 56.3 Å². The van der Waals surface area contributed by atoms with Crippen molar-refractivity contribution < 1.29 is 15.0 Å². The summed E-state index contributed by atoms with van der Waals surface area (Å²) in [6, 6.07) is 0. The highest BCUT2D eigenvalue weighted by molar-refractivity contribution is 5.86. The van der Waals surface area contributed by atoms with Crippen LogP contribution in [0.25, 0.3) is 0 Å². The zero-order valence-electron chi connectivity index (χ0n) is 11.4. The molecule has 4 atom stereocenters. The maximum atomic E-state index is 11.0. The first-order valence-electron chi connectivity index (χ1n) is 6.91. The van der Waals surface area contributed by atoms with Gasteiger partial charge in [0.1, 0.15) is 0 Å². The standard InChI is InChI=1S/C15H24O3/c1-10(13(16)17)11-5-8-14(2)6-4-7-15(3,18)12(14)9-11/h11-12,18H,1,4-9H2,2-3H3,(H,16,17)/t11-,12-,14+,15-/m1/s1. The quantitative estimate of drug-likeness (QED) is 0.743. The van der Waals surface area contributed by atoms with Gasteiger partial charge in [0.15, 0.2) is 0 Å². The van der Waals surface area contributed by atoms with E-state index in [0.29, 0.717) is 5.57 Å². The average Bonchev–Trinajstić information content (AvgIpc) is 2.27. The predicted octanol–water partition coefficient (Wildman–Crippen LogP) is 2.98. The van der Waals surface area contributed by atoms with E-state index < -0.39 is 11.6 Å². The molecule has 0 heterocycles. The van der Waals surface area contributed by atoms with E-state index in [4.69, 9.17) is 5.11 Å². The van der Waals surface area contributed by atoms with Crippen LogP contribution in [0.15, 0.2) is 12.2 Å². The lowest BCUT2D eigenvalue weighted by molar-refractivity contribution is -0.137. The highest BCUT2D eigenvalue weighted by atomic mass is 16.4. The zero-order chi connectivity index (χ0) is 13.6. The number of hydrogen-bond acceptors (Lipinski definition) is 2. The summed E-state index contributed by atoms with van der Waals surface area (Å²) in [7, 11) is 0. The Bertz CT molecular complexity index is 372. The molecule has 2 fully saturated rings. The van der Waals surface area contributed by atoms with Crippen LogP contribution in [0.4, 0.5) is 0 Å². The van der Waals surface area contributed by atoms with Crippen LogP contribution >= 0.6 is 0 Å². The van der Waals surface area contributed by atoms with E-state index >= 15 is 0 Å². The lowest BCUT2D eigenvalue weighted by Gasteiger charge is -2.54.